The third-order valence-electron chi connectivity index (χ3n) is 4.55. The van der Waals surface area contributed by atoms with Crippen molar-refractivity contribution in [2.45, 2.75) is 32.4 Å². The molecule has 0 radical (unpaired) electrons. The molecule has 2 aliphatic heterocycles. The van der Waals surface area contributed by atoms with E-state index in [1.165, 1.54) is 0 Å². The molecule has 3 rings (SSSR count). The zero-order valence-electron chi connectivity index (χ0n) is 13.0. The summed E-state index contributed by atoms with van der Waals surface area (Å²) in [6.45, 7) is 5.33. The Morgan fingerprint density at radius 2 is 2.43 bits per heavy atom. The molecular weight excluding hydrogens is 286 g/mol. The first kappa shape index (κ1) is 14.9. The Bertz CT molecular complexity index is 531. The number of thiazole rings is 1. The normalized spacial score (nSPS) is 29.4. The third-order valence-corrected chi connectivity index (χ3v) is 5.51. The zero-order chi connectivity index (χ0) is 15.0. The fourth-order valence-electron chi connectivity index (χ4n) is 3.58. The summed E-state index contributed by atoms with van der Waals surface area (Å²) < 4.78 is 5.85. The van der Waals surface area contributed by atoms with Gasteiger partial charge >= 0.3 is 0 Å². The number of carbonyl (C=O) groups excluding carboxylic acids is 1. The van der Waals surface area contributed by atoms with Crippen molar-refractivity contribution in [2.75, 3.05) is 33.8 Å². The number of hydrogen-bond acceptors (Lipinski definition) is 5. The van der Waals surface area contributed by atoms with Crippen LogP contribution in [-0.4, -0.2) is 60.6 Å². The first-order chi connectivity index (χ1) is 10.0. The Balaban J connectivity index is 1.76. The third kappa shape index (κ3) is 2.72. The highest BCUT2D eigenvalue weighted by Crippen LogP contribution is 2.42. The molecule has 2 atom stereocenters. The lowest BCUT2D eigenvalue weighted by Crippen LogP contribution is -2.56. The van der Waals surface area contributed by atoms with E-state index in [1.54, 1.807) is 16.2 Å². The van der Waals surface area contributed by atoms with Crippen LogP contribution in [0.2, 0.25) is 0 Å². The zero-order valence-corrected chi connectivity index (χ0v) is 13.8. The van der Waals surface area contributed by atoms with E-state index < -0.39 is 0 Å². The summed E-state index contributed by atoms with van der Waals surface area (Å²) in [5.41, 5.74) is 0.724. The van der Waals surface area contributed by atoms with E-state index in [-0.39, 0.29) is 17.4 Å². The molecule has 6 heteroatoms. The molecule has 0 unspecified atom stereocenters. The fraction of sp³-hybridized carbons (Fsp3) is 0.733. The minimum absolute atomic E-state index is 0.0849. The Morgan fingerprint density at radius 3 is 3.10 bits per heavy atom. The summed E-state index contributed by atoms with van der Waals surface area (Å²) in [7, 11) is 3.69. The van der Waals surface area contributed by atoms with Crippen molar-refractivity contribution in [3.8, 4) is 0 Å². The van der Waals surface area contributed by atoms with Gasteiger partial charge in [-0.3, -0.25) is 9.69 Å². The minimum Gasteiger partial charge on any atom is -0.377 e. The highest BCUT2D eigenvalue weighted by molar-refractivity contribution is 7.09. The number of hydrogen-bond donors (Lipinski definition) is 0. The summed E-state index contributed by atoms with van der Waals surface area (Å²) in [6.07, 6.45) is 1.85. The molecule has 21 heavy (non-hydrogen) atoms. The summed E-state index contributed by atoms with van der Waals surface area (Å²) in [5.74, 6) is 0.213. The van der Waals surface area contributed by atoms with Crippen molar-refractivity contribution in [3.05, 3.63) is 16.1 Å². The van der Waals surface area contributed by atoms with E-state index in [0.717, 1.165) is 43.2 Å². The second-order valence-corrected chi connectivity index (χ2v) is 7.29. The maximum absolute atomic E-state index is 12.7. The van der Waals surface area contributed by atoms with Crippen molar-refractivity contribution in [1.29, 1.82) is 0 Å². The molecule has 3 heterocycles. The van der Waals surface area contributed by atoms with Crippen molar-refractivity contribution >= 4 is 17.2 Å². The number of rotatable bonds is 3. The summed E-state index contributed by atoms with van der Waals surface area (Å²) in [4.78, 5) is 21.3. The summed E-state index contributed by atoms with van der Waals surface area (Å²) in [6, 6.07) is 0. The average Bonchev–Trinajstić information content (AvgIpc) is 3.04. The Labute approximate surface area is 129 Å². The van der Waals surface area contributed by atoms with Crippen molar-refractivity contribution in [1.82, 2.24) is 14.8 Å². The Kier molecular flexibility index (Phi) is 4.03. The van der Waals surface area contributed by atoms with Gasteiger partial charge in [-0.1, -0.05) is 0 Å². The molecule has 1 aromatic heterocycles. The predicted octanol–water partition coefficient (Wildman–Crippen LogP) is 1.52. The SMILES string of the molecule is Cc1csc(CN2CC[C@@H]3OCC[C@]3(C(=O)N(C)C)C2)n1. The molecule has 0 aliphatic carbocycles. The van der Waals surface area contributed by atoms with Crippen molar-refractivity contribution < 1.29 is 9.53 Å². The number of fused-ring (bicyclic) bond motifs is 1. The predicted molar refractivity (Wildman–Crippen MR) is 82.2 cm³/mol. The van der Waals surface area contributed by atoms with Gasteiger partial charge in [0.1, 0.15) is 5.01 Å². The van der Waals surface area contributed by atoms with Crippen LogP contribution < -0.4 is 0 Å². The van der Waals surface area contributed by atoms with Crippen LogP contribution in [0.4, 0.5) is 0 Å². The molecule has 1 amide bonds. The standard InChI is InChI=1S/C15H23N3O2S/c1-11-9-21-13(16-11)8-18-6-4-12-15(10-18,5-7-20-12)14(19)17(2)3/h9,12H,4-8,10H2,1-3H3/t12-,15-/m0/s1. The van der Waals surface area contributed by atoms with Gasteiger partial charge in [-0.2, -0.15) is 0 Å². The molecule has 0 saturated carbocycles. The van der Waals surface area contributed by atoms with E-state index in [2.05, 4.69) is 15.3 Å². The summed E-state index contributed by atoms with van der Waals surface area (Å²) >= 11 is 1.70. The number of carbonyl (C=O) groups is 1. The number of likely N-dealkylation sites (tertiary alicyclic amines) is 1. The molecule has 0 bridgehead atoms. The molecule has 0 N–H and O–H groups in total. The topological polar surface area (TPSA) is 45.7 Å². The second-order valence-electron chi connectivity index (χ2n) is 6.35. The number of nitrogens with zero attached hydrogens (tertiary/aromatic N) is 3. The first-order valence-corrected chi connectivity index (χ1v) is 8.36. The minimum atomic E-state index is -0.353. The van der Waals surface area contributed by atoms with E-state index >= 15 is 0 Å². The van der Waals surface area contributed by atoms with E-state index in [9.17, 15) is 4.79 Å². The summed E-state index contributed by atoms with van der Waals surface area (Å²) in [5, 5.41) is 3.22. The van der Waals surface area contributed by atoms with Gasteiger partial charge in [0, 0.05) is 44.9 Å². The Morgan fingerprint density at radius 1 is 1.62 bits per heavy atom. The molecule has 2 aliphatic rings. The van der Waals surface area contributed by atoms with Gasteiger partial charge < -0.3 is 9.64 Å². The van der Waals surface area contributed by atoms with Gasteiger partial charge in [-0.15, -0.1) is 11.3 Å². The molecular formula is C15H23N3O2S. The maximum Gasteiger partial charge on any atom is 0.232 e. The van der Waals surface area contributed by atoms with Gasteiger partial charge in [-0.05, 0) is 19.8 Å². The molecule has 5 nitrogen and oxygen atoms in total. The number of ether oxygens (including phenoxy) is 1. The monoisotopic (exact) mass is 309 g/mol. The van der Waals surface area contributed by atoms with Crippen LogP contribution in [0.3, 0.4) is 0 Å². The van der Waals surface area contributed by atoms with Crippen LogP contribution in [0.25, 0.3) is 0 Å². The van der Waals surface area contributed by atoms with Crippen LogP contribution in [0.5, 0.6) is 0 Å². The van der Waals surface area contributed by atoms with E-state index in [4.69, 9.17) is 4.74 Å². The largest absolute Gasteiger partial charge is 0.377 e. The van der Waals surface area contributed by atoms with Gasteiger partial charge in [0.15, 0.2) is 0 Å². The molecule has 0 aromatic carbocycles. The lowest BCUT2D eigenvalue weighted by molar-refractivity contribution is -0.148. The molecule has 1 aromatic rings. The quantitative estimate of drug-likeness (QED) is 0.849. The number of aryl methyl sites for hydroxylation is 1. The molecule has 116 valence electrons. The Hall–Kier alpha value is -0.980. The van der Waals surface area contributed by atoms with E-state index in [0.29, 0.717) is 6.61 Å². The lowest BCUT2D eigenvalue weighted by atomic mass is 9.75. The number of piperidine rings is 1. The first-order valence-electron chi connectivity index (χ1n) is 7.48. The van der Waals surface area contributed by atoms with Crippen molar-refractivity contribution in [3.63, 3.8) is 0 Å². The van der Waals surface area contributed by atoms with Gasteiger partial charge in [0.05, 0.1) is 18.1 Å². The number of amides is 1. The van der Waals surface area contributed by atoms with Gasteiger partial charge in [0.25, 0.3) is 0 Å². The highest BCUT2D eigenvalue weighted by Gasteiger charge is 2.53. The van der Waals surface area contributed by atoms with Crippen LogP contribution in [0.15, 0.2) is 5.38 Å². The van der Waals surface area contributed by atoms with Crippen molar-refractivity contribution in [2.24, 2.45) is 5.41 Å². The van der Waals surface area contributed by atoms with Crippen LogP contribution in [-0.2, 0) is 16.1 Å². The number of aromatic nitrogens is 1. The van der Waals surface area contributed by atoms with Gasteiger partial charge in [-0.25, -0.2) is 4.98 Å². The van der Waals surface area contributed by atoms with Crippen LogP contribution in [0, 0.1) is 12.3 Å². The van der Waals surface area contributed by atoms with Crippen LogP contribution >= 0.6 is 11.3 Å². The molecule has 0 spiro atoms. The van der Waals surface area contributed by atoms with E-state index in [1.807, 2.05) is 21.0 Å². The average molecular weight is 309 g/mol. The maximum atomic E-state index is 12.7. The van der Waals surface area contributed by atoms with Gasteiger partial charge in [0.2, 0.25) is 5.91 Å². The lowest BCUT2D eigenvalue weighted by Gasteiger charge is -2.43. The van der Waals surface area contributed by atoms with Crippen LogP contribution in [0.1, 0.15) is 23.5 Å². The fourth-order valence-corrected chi connectivity index (χ4v) is 4.39. The molecule has 2 fully saturated rings. The highest BCUT2D eigenvalue weighted by atomic mass is 32.1. The second kappa shape index (κ2) is 5.66. The molecule has 2 saturated heterocycles. The smallest absolute Gasteiger partial charge is 0.232 e.